The molecule has 1 rings (SSSR count). The molecule has 0 bridgehead atoms. The van der Waals surface area contributed by atoms with Crippen LogP contribution < -0.4 is 0 Å². The van der Waals surface area contributed by atoms with Crippen LogP contribution in [0.1, 0.15) is 0 Å². The molecule has 0 aliphatic carbocycles. The Labute approximate surface area is 200 Å². The molecule has 0 radical (unpaired) electrons. The zero-order chi connectivity index (χ0) is 25.0. The zero-order valence-corrected chi connectivity index (χ0v) is 35.0. The second-order valence-electron chi connectivity index (χ2n) is 17.0. The van der Waals surface area contributed by atoms with Crippen molar-refractivity contribution < 1.29 is 0 Å². The highest BCUT2D eigenvalue weighted by Crippen LogP contribution is 2.60. The molecule has 0 unspecified atom stereocenters. The van der Waals surface area contributed by atoms with Crippen LogP contribution in [0.5, 0.6) is 0 Å². The highest BCUT2D eigenvalue weighted by Gasteiger charge is 2.88. The Hall–Kier alpha value is 2.17. The molecular formula is C20H60Si10. The molecule has 0 saturated carbocycles. The molecule has 1 aliphatic rings. The number of hydrogen-bond acceptors (Lipinski definition) is 0. The number of rotatable bonds is 4. The molecule has 0 nitrogen and oxygen atoms in total. The minimum atomic E-state index is -1.32. The van der Waals surface area contributed by atoms with Crippen molar-refractivity contribution >= 4 is 71.1 Å². The minimum Gasteiger partial charge on any atom is -0.0739 e. The Balaban J connectivity index is 4.59. The molecule has 180 valence electrons. The summed E-state index contributed by atoms with van der Waals surface area (Å²) in [4.78, 5) is 0. The minimum absolute atomic E-state index is 1.22. The Kier molecular flexibility index (Phi) is 7.39. The van der Waals surface area contributed by atoms with Crippen molar-refractivity contribution in [3.8, 4) is 0 Å². The van der Waals surface area contributed by atoms with Crippen LogP contribution in [0.2, 0.25) is 131 Å². The molecule has 0 aromatic heterocycles. The molecule has 1 fully saturated rings. The van der Waals surface area contributed by atoms with Crippen molar-refractivity contribution in [3.63, 3.8) is 0 Å². The molecule has 0 aromatic rings. The van der Waals surface area contributed by atoms with E-state index in [2.05, 4.69) is 131 Å². The summed E-state index contributed by atoms with van der Waals surface area (Å²) >= 11 is 0. The first-order chi connectivity index (χ1) is 12.5. The Morgan fingerprint density at radius 1 is 0.267 bits per heavy atom. The average molecular weight is 582 g/mol. The van der Waals surface area contributed by atoms with E-state index in [1.807, 2.05) is 0 Å². The van der Waals surface area contributed by atoms with Gasteiger partial charge in [-0.05, 0) is 0 Å². The van der Waals surface area contributed by atoms with Gasteiger partial charge in [0, 0.05) is 71.1 Å². The lowest BCUT2D eigenvalue weighted by atomic mass is 11.8. The highest BCUT2D eigenvalue weighted by molar-refractivity contribution is 8.36. The van der Waals surface area contributed by atoms with Gasteiger partial charge < -0.3 is 0 Å². The van der Waals surface area contributed by atoms with E-state index in [4.69, 9.17) is 0 Å². The zero-order valence-electron chi connectivity index (χ0n) is 25.0. The lowest BCUT2D eigenvalue weighted by molar-refractivity contribution is 1.71. The summed E-state index contributed by atoms with van der Waals surface area (Å²) in [7, 11) is -10.2. The lowest BCUT2D eigenvalue weighted by Gasteiger charge is -2.84. The van der Waals surface area contributed by atoms with E-state index in [-0.39, 0.29) is 0 Å². The summed E-state index contributed by atoms with van der Waals surface area (Å²) in [6, 6.07) is 0. The van der Waals surface area contributed by atoms with E-state index in [0.717, 1.165) is 0 Å². The quantitative estimate of drug-likeness (QED) is 0.297. The molecule has 1 aliphatic heterocycles. The summed E-state index contributed by atoms with van der Waals surface area (Å²) in [6.45, 7) is 59.7. The SMILES string of the molecule is C[Si](C)(C)[Si]1([Si](C)(C)C)[Si](C)(C)[Si](C)(C)[Si]([Si](C)(C)C)([Si](C)(C)C)[Si](C)(C)[Si]1(C)C. The van der Waals surface area contributed by atoms with Crippen LogP contribution in [-0.2, 0) is 0 Å². The third-order valence-corrected chi connectivity index (χ3v) is 318. The number of hydrogen-bond donors (Lipinski definition) is 0. The van der Waals surface area contributed by atoms with Crippen molar-refractivity contribution in [3.05, 3.63) is 0 Å². The van der Waals surface area contributed by atoms with Gasteiger partial charge in [0.15, 0.2) is 0 Å². The summed E-state index contributed by atoms with van der Waals surface area (Å²) in [6.07, 6.45) is -2.60. The van der Waals surface area contributed by atoms with Gasteiger partial charge in [-0.25, -0.2) is 0 Å². The van der Waals surface area contributed by atoms with E-state index in [1.54, 1.807) is 0 Å². The first kappa shape index (κ1) is 30.2. The van der Waals surface area contributed by atoms with Gasteiger partial charge in [-0.1, -0.05) is 131 Å². The predicted molar refractivity (Wildman–Crippen MR) is 175 cm³/mol. The van der Waals surface area contributed by atoms with Gasteiger partial charge in [0.25, 0.3) is 0 Å². The summed E-state index contributed by atoms with van der Waals surface area (Å²) < 4.78 is 0. The van der Waals surface area contributed by atoms with Gasteiger partial charge in [0.1, 0.15) is 0 Å². The smallest absolute Gasteiger partial charge is 0.0308 e. The largest absolute Gasteiger partial charge is 0.0739 e. The molecule has 0 aromatic carbocycles. The van der Waals surface area contributed by atoms with Gasteiger partial charge in [0.2, 0.25) is 0 Å². The normalized spacial score (nSPS) is 27.6. The van der Waals surface area contributed by atoms with E-state index in [9.17, 15) is 0 Å². The third-order valence-electron chi connectivity index (χ3n) is 11.4. The van der Waals surface area contributed by atoms with Crippen LogP contribution in [0.4, 0.5) is 0 Å². The molecule has 1 saturated heterocycles. The van der Waals surface area contributed by atoms with Crippen LogP contribution >= 0.6 is 0 Å². The monoisotopic (exact) mass is 580 g/mol. The Bertz CT molecular complexity index is 558. The Morgan fingerprint density at radius 2 is 0.367 bits per heavy atom. The van der Waals surface area contributed by atoms with Gasteiger partial charge in [-0.3, -0.25) is 0 Å². The third kappa shape index (κ3) is 3.02. The van der Waals surface area contributed by atoms with Gasteiger partial charge in [0.05, 0.1) is 0 Å². The fourth-order valence-electron chi connectivity index (χ4n) is 13.2. The summed E-state index contributed by atoms with van der Waals surface area (Å²) in [5.41, 5.74) is 0. The van der Waals surface area contributed by atoms with Crippen molar-refractivity contribution in [2.45, 2.75) is 131 Å². The molecule has 0 spiro atoms. The summed E-state index contributed by atoms with van der Waals surface area (Å²) in [5.74, 6) is 0. The first-order valence-electron chi connectivity index (χ1n) is 12.5. The van der Waals surface area contributed by atoms with Gasteiger partial charge >= 0.3 is 0 Å². The van der Waals surface area contributed by atoms with Crippen LogP contribution in [0.3, 0.4) is 0 Å². The maximum Gasteiger partial charge on any atom is 0.0308 e. The average Bonchev–Trinajstić information content (AvgIpc) is 2.27. The van der Waals surface area contributed by atoms with Crippen LogP contribution in [0.25, 0.3) is 0 Å². The maximum absolute atomic E-state index is 3.10. The van der Waals surface area contributed by atoms with Crippen LogP contribution in [-0.4, -0.2) is 71.1 Å². The lowest BCUT2D eigenvalue weighted by Crippen LogP contribution is -3.15. The van der Waals surface area contributed by atoms with Crippen molar-refractivity contribution in [2.24, 2.45) is 0 Å². The maximum atomic E-state index is 3.10. The van der Waals surface area contributed by atoms with E-state index < -0.39 is 71.1 Å². The molecule has 0 amide bonds. The second kappa shape index (κ2) is 7.34. The topological polar surface area (TPSA) is 0 Å². The summed E-state index contributed by atoms with van der Waals surface area (Å²) in [5, 5.41) is 0. The molecule has 0 atom stereocenters. The molecule has 30 heavy (non-hydrogen) atoms. The fourth-order valence-corrected chi connectivity index (χ4v) is 640. The van der Waals surface area contributed by atoms with E-state index in [1.165, 1.54) is 0 Å². The van der Waals surface area contributed by atoms with Gasteiger partial charge in [-0.2, -0.15) is 0 Å². The molecular weight excluding hydrogens is 521 g/mol. The molecule has 1 heterocycles. The highest BCUT2D eigenvalue weighted by atomic mass is 30.5. The Morgan fingerprint density at radius 3 is 0.433 bits per heavy atom. The van der Waals surface area contributed by atoms with Crippen molar-refractivity contribution in [2.75, 3.05) is 0 Å². The van der Waals surface area contributed by atoms with Crippen LogP contribution in [0.15, 0.2) is 0 Å². The second-order valence-corrected chi connectivity index (χ2v) is 141. The predicted octanol–water partition coefficient (Wildman–Crippen LogP) is 7.87. The van der Waals surface area contributed by atoms with E-state index in [0.29, 0.717) is 0 Å². The van der Waals surface area contributed by atoms with Crippen LogP contribution in [0, 0.1) is 0 Å². The van der Waals surface area contributed by atoms with Crippen molar-refractivity contribution in [1.29, 1.82) is 0 Å². The van der Waals surface area contributed by atoms with Gasteiger partial charge in [-0.15, -0.1) is 0 Å². The fraction of sp³-hybridized carbons (Fsp3) is 1.00. The molecule has 10 heteroatoms. The van der Waals surface area contributed by atoms with Crippen molar-refractivity contribution in [1.82, 2.24) is 0 Å². The standard InChI is InChI=1S/C20H60Si10/c1-21(2,3)29(22(4,5)6)25(13,14)27(17,18)30(23(7,8)9,24(10,11)12)28(19,20)26(29,15)16/h1-20H3. The first-order valence-corrected chi connectivity index (χ1v) is 52.5. The van der Waals surface area contributed by atoms with E-state index >= 15 is 0 Å². The molecule has 0 N–H and O–H groups in total.